The molecule has 1 aromatic rings. The molecule has 0 aliphatic carbocycles. The minimum absolute atomic E-state index is 0.0741. The Morgan fingerprint density at radius 1 is 1.48 bits per heavy atom. The molecule has 1 aromatic heterocycles. The van der Waals surface area contributed by atoms with Gasteiger partial charge in [0.25, 0.3) is 11.7 Å². The van der Waals surface area contributed by atoms with E-state index in [-0.39, 0.29) is 16.5 Å². The largest absolute Gasteiger partial charge is 0.352 e. The standard InChI is InChI=1S/C16H23F2N3OS/c1-12-5-10-21(11-6-12)9-3-8-19-14(22)13-4-2-7-20-15(13)23-16(17)18/h2,4,7,12,16H,3,5-6,8-11H2,1H3,(H,19,22). The lowest BCUT2D eigenvalue weighted by molar-refractivity contribution is 0.0947. The first-order valence-corrected chi connectivity index (χ1v) is 8.84. The van der Waals surface area contributed by atoms with Crippen molar-refractivity contribution < 1.29 is 13.6 Å². The number of hydrogen-bond donors (Lipinski definition) is 1. The van der Waals surface area contributed by atoms with Gasteiger partial charge in [0.1, 0.15) is 5.03 Å². The van der Waals surface area contributed by atoms with Gasteiger partial charge in [-0.25, -0.2) is 4.98 Å². The number of nitrogens with zero attached hydrogens (tertiary/aromatic N) is 2. The monoisotopic (exact) mass is 343 g/mol. The van der Waals surface area contributed by atoms with Crippen LogP contribution in [0, 0.1) is 5.92 Å². The van der Waals surface area contributed by atoms with Crippen LogP contribution in [-0.4, -0.2) is 47.7 Å². The van der Waals surface area contributed by atoms with Crippen LogP contribution >= 0.6 is 11.8 Å². The summed E-state index contributed by atoms with van der Waals surface area (Å²) in [5.74, 6) is -2.12. The number of hydrogen-bond acceptors (Lipinski definition) is 4. The van der Waals surface area contributed by atoms with Crippen molar-refractivity contribution in [3.8, 4) is 0 Å². The molecule has 23 heavy (non-hydrogen) atoms. The van der Waals surface area contributed by atoms with Crippen LogP contribution in [0.25, 0.3) is 0 Å². The third-order valence-electron chi connectivity index (χ3n) is 4.03. The van der Waals surface area contributed by atoms with Crippen LogP contribution < -0.4 is 5.32 Å². The van der Waals surface area contributed by atoms with Crippen molar-refractivity contribution in [2.24, 2.45) is 5.92 Å². The number of alkyl halides is 2. The van der Waals surface area contributed by atoms with Gasteiger partial charge < -0.3 is 10.2 Å². The molecule has 0 spiro atoms. The average molecular weight is 343 g/mol. The van der Waals surface area contributed by atoms with Gasteiger partial charge in [-0.2, -0.15) is 8.78 Å². The lowest BCUT2D eigenvalue weighted by Gasteiger charge is -2.30. The van der Waals surface area contributed by atoms with E-state index in [0.29, 0.717) is 18.3 Å². The van der Waals surface area contributed by atoms with Gasteiger partial charge in [-0.15, -0.1) is 0 Å². The summed E-state index contributed by atoms with van der Waals surface area (Å²) in [6.45, 7) is 6.01. The molecule has 1 aliphatic rings. The second kappa shape index (κ2) is 9.17. The highest BCUT2D eigenvalue weighted by molar-refractivity contribution is 7.99. The van der Waals surface area contributed by atoms with Crippen LogP contribution in [0.4, 0.5) is 8.78 Å². The van der Waals surface area contributed by atoms with Crippen LogP contribution in [0.3, 0.4) is 0 Å². The number of likely N-dealkylation sites (tertiary alicyclic amines) is 1. The number of nitrogens with one attached hydrogen (secondary N) is 1. The van der Waals surface area contributed by atoms with E-state index in [1.165, 1.54) is 25.1 Å². The van der Waals surface area contributed by atoms with E-state index in [2.05, 4.69) is 22.1 Å². The molecular weight excluding hydrogens is 320 g/mol. The minimum atomic E-state index is -2.59. The van der Waals surface area contributed by atoms with Gasteiger partial charge >= 0.3 is 0 Å². The number of halogens is 2. The van der Waals surface area contributed by atoms with Gasteiger partial charge in [0.05, 0.1) is 5.56 Å². The summed E-state index contributed by atoms with van der Waals surface area (Å²) >= 11 is 0.302. The number of aromatic nitrogens is 1. The van der Waals surface area contributed by atoms with Gasteiger partial charge in [-0.1, -0.05) is 6.92 Å². The summed E-state index contributed by atoms with van der Waals surface area (Å²) in [6, 6.07) is 3.11. The zero-order chi connectivity index (χ0) is 16.7. The predicted octanol–water partition coefficient (Wildman–Crippen LogP) is 3.25. The Labute approximate surface area is 140 Å². The Morgan fingerprint density at radius 2 is 2.22 bits per heavy atom. The fourth-order valence-electron chi connectivity index (χ4n) is 2.63. The van der Waals surface area contributed by atoms with Crippen LogP contribution in [-0.2, 0) is 0 Å². The second-order valence-corrected chi connectivity index (χ2v) is 6.85. The number of thioether (sulfide) groups is 1. The summed E-state index contributed by atoms with van der Waals surface area (Å²) in [4.78, 5) is 18.4. The maximum Gasteiger partial charge on any atom is 0.290 e. The molecule has 1 N–H and O–H groups in total. The Bertz CT molecular complexity index is 508. The summed E-state index contributed by atoms with van der Waals surface area (Å²) in [5.41, 5.74) is 0.213. The molecule has 1 saturated heterocycles. The molecule has 0 radical (unpaired) electrons. The summed E-state index contributed by atoms with van der Waals surface area (Å²) < 4.78 is 25.0. The van der Waals surface area contributed by atoms with Crippen LogP contribution in [0.1, 0.15) is 36.5 Å². The maximum atomic E-state index is 12.5. The lowest BCUT2D eigenvalue weighted by Crippen LogP contribution is -2.35. The van der Waals surface area contributed by atoms with Crippen LogP contribution in [0.2, 0.25) is 0 Å². The smallest absolute Gasteiger partial charge is 0.290 e. The molecule has 4 nitrogen and oxygen atoms in total. The third kappa shape index (κ3) is 6.06. The molecule has 0 atom stereocenters. The van der Waals surface area contributed by atoms with E-state index in [1.54, 1.807) is 6.07 Å². The Kier molecular flexibility index (Phi) is 7.23. The van der Waals surface area contributed by atoms with Crippen molar-refractivity contribution in [3.05, 3.63) is 23.9 Å². The average Bonchev–Trinajstić information content (AvgIpc) is 2.53. The molecule has 128 valence electrons. The molecule has 2 rings (SSSR count). The Balaban J connectivity index is 1.74. The summed E-state index contributed by atoms with van der Waals surface area (Å²) in [6.07, 6.45) is 4.74. The van der Waals surface area contributed by atoms with Crippen molar-refractivity contribution in [3.63, 3.8) is 0 Å². The molecule has 1 amide bonds. The topological polar surface area (TPSA) is 45.2 Å². The van der Waals surface area contributed by atoms with Gasteiger partial charge in [0, 0.05) is 12.7 Å². The molecule has 0 bridgehead atoms. The van der Waals surface area contributed by atoms with Gasteiger partial charge in [-0.05, 0) is 68.7 Å². The predicted molar refractivity (Wildman–Crippen MR) is 87.9 cm³/mol. The first kappa shape index (κ1) is 18.1. The van der Waals surface area contributed by atoms with Crippen molar-refractivity contribution >= 4 is 17.7 Å². The number of rotatable bonds is 7. The Hall–Kier alpha value is -1.21. The fourth-order valence-corrected chi connectivity index (χ4v) is 3.21. The molecule has 1 fully saturated rings. The maximum absolute atomic E-state index is 12.5. The number of piperidine rings is 1. The molecule has 0 aromatic carbocycles. The van der Waals surface area contributed by atoms with Gasteiger partial charge in [0.2, 0.25) is 0 Å². The highest BCUT2D eigenvalue weighted by Gasteiger charge is 2.17. The van der Waals surface area contributed by atoms with Crippen LogP contribution in [0.15, 0.2) is 23.4 Å². The normalized spacial score (nSPS) is 16.7. The molecule has 2 heterocycles. The SMILES string of the molecule is CC1CCN(CCCNC(=O)c2cccnc2SC(F)F)CC1. The number of pyridine rings is 1. The van der Waals surface area contributed by atoms with E-state index in [9.17, 15) is 13.6 Å². The second-order valence-electron chi connectivity index (χ2n) is 5.87. The van der Waals surface area contributed by atoms with Crippen molar-refractivity contribution in [2.45, 2.75) is 37.0 Å². The third-order valence-corrected chi connectivity index (χ3v) is 4.76. The molecule has 0 unspecified atom stereocenters. The van der Waals surface area contributed by atoms with Crippen LogP contribution in [0.5, 0.6) is 0 Å². The van der Waals surface area contributed by atoms with E-state index in [4.69, 9.17) is 0 Å². The van der Waals surface area contributed by atoms with Crippen molar-refractivity contribution in [1.82, 2.24) is 15.2 Å². The number of carbonyl (C=O) groups is 1. The first-order chi connectivity index (χ1) is 11.1. The zero-order valence-corrected chi connectivity index (χ0v) is 14.1. The highest BCUT2D eigenvalue weighted by atomic mass is 32.2. The quantitative estimate of drug-likeness (QED) is 0.610. The lowest BCUT2D eigenvalue weighted by atomic mass is 9.99. The molecule has 1 aliphatic heterocycles. The zero-order valence-electron chi connectivity index (χ0n) is 13.3. The highest BCUT2D eigenvalue weighted by Crippen LogP contribution is 2.26. The van der Waals surface area contributed by atoms with E-state index in [1.807, 2.05) is 0 Å². The minimum Gasteiger partial charge on any atom is -0.352 e. The van der Waals surface area contributed by atoms with E-state index in [0.717, 1.165) is 32.0 Å². The molecule has 7 heteroatoms. The number of carbonyl (C=O) groups excluding carboxylic acids is 1. The van der Waals surface area contributed by atoms with Crippen molar-refractivity contribution in [2.75, 3.05) is 26.2 Å². The molecule has 0 saturated carbocycles. The van der Waals surface area contributed by atoms with Gasteiger partial charge in [-0.3, -0.25) is 4.79 Å². The first-order valence-electron chi connectivity index (χ1n) is 7.96. The summed E-state index contributed by atoms with van der Waals surface area (Å²) in [5, 5.41) is 2.87. The van der Waals surface area contributed by atoms with E-state index < -0.39 is 5.76 Å². The van der Waals surface area contributed by atoms with E-state index >= 15 is 0 Å². The number of amides is 1. The van der Waals surface area contributed by atoms with Gasteiger partial charge in [0.15, 0.2) is 0 Å². The summed E-state index contributed by atoms with van der Waals surface area (Å²) in [7, 11) is 0. The fraction of sp³-hybridized carbons (Fsp3) is 0.625. The molecular formula is C16H23F2N3OS. The van der Waals surface area contributed by atoms with Crippen molar-refractivity contribution in [1.29, 1.82) is 0 Å². The Morgan fingerprint density at radius 3 is 2.91 bits per heavy atom.